The lowest BCUT2D eigenvalue weighted by Gasteiger charge is -2.03. The summed E-state index contributed by atoms with van der Waals surface area (Å²) in [5.74, 6) is -0.0367. The molecular weight excluding hydrogens is 212 g/mol. The van der Waals surface area contributed by atoms with Crippen LogP contribution in [0.5, 0.6) is 0 Å². The van der Waals surface area contributed by atoms with Crippen molar-refractivity contribution in [2.75, 3.05) is 6.61 Å². The van der Waals surface area contributed by atoms with E-state index in [-0.39, 0.29) is 5.97 Å². The van der Waals surface area contributed by atoms with Crippen LogP contribution < -0.4 is 0 Å². The molecule has 0 N–H and O–H groups in total. The van der Waals surface area contributed by atoms with E-state index in [9.17, 15) is 4.79 Å². The van der Waals surface area contributed by atoms with E-state index in [4.69, 9.17) is 4.74 Å². The second-order valence-electron chi connectivity index (χ2n) is 4.41. The van der Waals surface area contributed by atoms with E-state index in [1.54, 1.807) is 0 Å². The summed E-state index contributed by atoms with van der Waals surface area (Å²) in [6.07, 6.45) is 13.9. The van der Waals surface area contributed by atoms with E-state index in [0.29, 0.717) is 13.0 Å². The van der Waals surface area contributed by atoms with Crippen LogP contribution in [0.1, 0.15) is 71.6 Å². The Morgan fingerprint density at radius 2 is 1.71 bits per heavy atom. The highest BCUT2D eigenvalue weighted by Crippen LogP contribution is 2.07. The topological polar surface area (TPSA) is 26.3 Å². The molecular formula is C15H28O2. The minimum Gasteiger partial charge on any atom is -0.465 e. The Labute approximate surface area is 106 Å². The molecule has 0 atom stereocenters. The number of ether oxygens (including phenoxy) is 1. The van der Waals surface area contributed by atoms with E-state index in [1.165, 1.54) is 25.7 Å². The predicted molar refractivity (Wildman–Crippen MR) is 73.0 cm³/mol. The summed E-state index contributed by atoms with van der Waals surface area (Å²) in [5, 5.41) is 0. The van der Waals surface area contributed by atoms with Crippen molar-refractivity contribution >= 4 is 5.97 Å². The molecule has 0 bridgehead atoms. The fraction of sp³-hybridized carbons (Fsp3) is 0.800. The van der Waals surface area contributed by atoms with Crippen molar-refractivity contribution in [3.05, 3.63) is 12.2 Å². The zero-order valence-electron chi connectivity index (χ0n) is 11.5. The van der Waals surface area contributed by atoms with Crippen molar-refractivity contribution in [3.8, 4) is 0 Å². The van der Waals surface area contributed by atoms with E-state index in [1.807, 2.05) is 0 Å². The van der Waals surface area contributed by atoms with Gasteiger partial charge in [0, 0.05) is 6.42 Å². The minimum atomic E-state index is -0.0367. The molecule has 0 aliphatic heterocycles. The molecule has 0 aromatic rings. The number of esters is 1. The summed E-state index contributed by atoms with van der Waals surface area (Å²) >= 11 is 0. The van der Waals surface area contributed by atoms with Crippen LogP contribution in [0, 0.1) is 0 Å². The van der Waals surface area contributed by atoms with Crippen molar-refractivity contribution in [2.24, 2.45) is 0 Å². The van der Waals surface area contributed by atoms with Crippen LogP contribution in [-0.2, 0) is 9.53 Å². The van der Waals surface area contributed by atoms with Crippen LogP contribution in [0.4, 0.5) is 0 Å². The van der Waals surface area contributed by atoms with Crippen molar-refractivity contribution in [1.82, 2.24) is 0 Å². The van der Waals surface area contributed by atoms with E-state index in [0.717, 1.165) is 25.7 Å². The Balaban J connectivity index is 3.20. The molecule has 0 radical (unpaired) electrons. The fourth-order valence-electron chi connectivity index (χ4n) is 1.65. The molecule has 100 valence electrons. The zero-order valence-corrected chi connectivity index (χ0v) is 11.5. The molecule has 0 aliphatic carbocycles. The van der Waals surface area contributed by atoms with Crippen molar-refractivity contribution in [1.29, 1.82) is 0 Å². The summed E-state index contributed by atoms with van der Waals surface area (Å²) in [6, 6.07) is 0. The van der Waals surface area contributed by atoms with Gasteiger partial charge in [-0.05, 0) is 19.3 Å². The molecule has 2 nitrogen and oxygen atoms in total. The first-order valence-electron chi connectivity index (χ1n) is 7.11. The van der Waals surface area contributed by atoms with Gasteiger partial charge in [-0.25, -0.2) is 0 Å². The largest absolute Gasteiger partial charge is 0.465 e. The summed E-state index contributed by atoms with van der Waals surface area (Å²) in [6.45, 7) is 4.84. The number of carbonyl (C=O) groups excluding carboxylic acids is 1. The summed E-state index contributed by atoms with van der Waals surface area (Å²) in [5.41, 5.74) is 0. The van der Waals surface area contributed by atoms with Crippen LogP contribution in [-0.4, -0.2) is 12.6 Å². The smallest absolute Gasteiger partial charge is 0.305 e. The zero-order chi connectivity index (χ0) is 12.8. The van der Waals surface area contributed by atoms with Gasteiger partial charge in [-0.3, -0.25) is 4.79 Å². The molecule has 0 heterocycles. The lowest BCUT2D eigenvalue weighted by Crippen LogP contribution is -2.04. The van der Waals surface area contributed by atoms with E-state index < -0.39 is 0 Å². The predicted octanol–water partition coefficient (Wildman–Crippen LogP) is 4.64. The molecule has 0 aromatic heterocycles. The van der Waals surface area contributed by atoms with Gasteiger partial charge in [-0.1, -0.05) is 58.1 Å². The molecule has 0 saturated carbocycles. The molecule has 0 fully saturated rings. The third kappa shape index (κ3) is 13.1. The molecule has 0 rings (SSSR count). The average Bonchev–Trinajstić information content (AvgIpc) is 2.33. The first-order valence-corrected chi connectivity index (χ1v) is 7.11. The third-order valence-corrected chi connectivity index (χ3v) is 2.68. The van der Waals surface area contributed by atoms with Crippen LogP contribution in [0.3, 0.4) is 0 Å². The second kappa shape index (κ2) is 13.3. The maximum absolute atomic E-state index is 11.3. The normalized spacial score (nSPS) is 10.9. The monoisotopic (exact) mass is 240 g/mol. The van der Waals surface area contributed by atoms with Crippen molar-refractivity contribution in [3.63, 3.8) is 0 Å². The summed E-state index contributed by atoms with van der Waals surface area (Å²) < 4.78 is 5.13. The van der Waals surface area contributed by atoms with Gasteiger partial charge in [0.2, 0.25) is 0 Å². The molecule has 0 saturated heterocycles. The molecule has 0 spiro atoms. The van der Waals surface area contributed by atoms with Gasteiger partial charge in [-0.2, -0.15) is 0 Å². The lowest BCUT2D eigenvalue weighted by molar-refractivity contribution is -0.143. The lowest BCUT2D eigenvalue weighted by atomic mass is 10.1. The summed E-state index contributed by atoms with van der Waals surface area (Å²) in [4.78, 5) is 11.3. The minimum absolute atomic E-state index is 0.0367. The number of hydrogen-bond acceptors (Lipinski definition) is 2. The Bertz CT molecular complexity index is 197. The maximum atomic E-state index is 11.3. The third-order valence-electron chi connectivity index (χ3n) is 2.68. The molecule has 0 unspecified atom stereocenters. The Morgan fingerprint density at radius 3 is 2.41 bits per heavy atom. The first kappa shape index (κ1) is 16.2. The Morgan fingerprint density at radius 1 is 1.00 bits per heavy atom. The van der Waals surface area contributed by atoms with Crippen molar-refractivity contribution in [2.45, 2.75) is 71.6 Å². The highest BCUT2D eigenvalue weighted by atomic mass is 16.5. The van der Waals surface area contributed by atoms with Crippen LogP contribution >= 0.6 is 0 Å². The van der Waals surface area contributed by atoms with Crippen molar-refractivity contribution < 1.29 is 9.53 Å². The first-order chi connectivity index (χ1) is 8.31. The molecule has 0 aliphatic rings. The van der Waals surface area contributed by atoms with Gasteiger partial charge < -0.3 is 4.74 Å². The van der Waals surface area contributed by atoms with Gasteiger partial charge in [0.05, 0.1) is 6.61 Å². The standard InChI is InChI=1S/C15H28O2/c1-3-5-7-9-10-11-13-15(16)17-14-12-8-6-4-2/h6,8H,3-5,7,9-14H2,1-2H3. The number of allylic oxidation sites excluding steroid dienone is 1. The number of rotatable bonds is 11. The van der Waals surface area contributed by atoms with Gasteiger partial charge in [0.15, 0.2) is 0 Å². The molecule has 2 heteroatoms. The molecule has 0 amide bonds. The van der Waals surface area contributed by atoms with Gasteiger partial charge in [-0.15, -0.1) is 0 Å². The highest BCUT2D eigenvalue weighted by molar-refractivity contribution is 5.69. The van der Waals surface area contributed by atoms with Crippen LogP contribution in [0.15, 0.2) is 12.2 Å². The summed E-state index contributed by atoms with van der Waals surface area (Å²) in [7, 11) is 0. The molecule has 17 heavy (non-hydrogen) atoms. The molecule has 0 aromatic carbocycles. The quantitative estimate of drug-likeness (QED) is 0.299. The van der Waals surface area contributed by atoms with Gasteiger partial charge >= 0.3 is 5.97 Å². The van der Waals surface area contributed by atoms with Gasteiger partial charge in [0.25, 0.3) is 0 Å². The van der Waals surface area contributed by atoms with E-state index in [2.05, 4.69) is 26.0 Å². The average molecular weight is 240 g/mol. The van der Waals surface area contributed by atoms with E-state index >= 15 is 0 Å². The van der Waals surface area contributed by atoms with Crippen LogP contribution in [0.25, 0.3) is 0 Å². The Kier molecular flexibility index (Phi) is 12.7. The number of unbranched alkanes of at least 4 members (excludes halogenated alkanes) is 5. The fourth-order valence-corrected chi connectivity index (χ4v) is 1.65. The SMILES string of the molecule is CCC=CCCOC(=O)CCCCCCCC. The highest BCUT2D eigenvalue weighted by Gasteiger charge is 2.01. The van der Waals surface area contributed by atoms with Crippen LogP contribution in [0.2, 0.25) is 0 Å². The number of hydrogen-bond donors (Lipinski definition) is 0. The number of carbonyl (C=O) groups is 1. The maximum Gasteiger partial charge on any atom is 0.305 e. The Hall–Kier alpha value is -0.790. The van der Waals surface area contributed by atoms with Gasteiger partial charge in [0.1, 0.15) is 0 Å². The second-order valence-corrected chi connectivity index (χ2v) is 4.41.